The number of amides is 2. The molecule has 1 aliphatic heterocycles. The Bertz CT molecular complexity index is 760. The van der Waals surface area contributed by atoms with E-state index in [0.717, 1.165) is 12.5 Å². The predicted molar refractivity (Wildman–Crippen MR) is 83.0 cm³/mol. The maximum absolute atomic E-state index is 13.0. The molecular weight excluding hydrogens is 337 g/mol. The molecule has 0 radical (unpaired) electrons. The van der Waals surface area contributed by atoms with E-state index in [0.29, 0.717) is 31.2 Å². The zero-order valence-corrected chi connectivity index (χ0v) is 13.5. The summed E-state index contributed by atoms with van der Waals surface area (Å²) in [5.41, 5.74) is -1.12. The molecule has 2 aromatic rings. The van der Waals surface area contributed by atoms with E-state index in [9.17, 15) is 18.0 Å². The summed E-state index contributed by atoms with van der Waals surface area (Å²) in [5, 5.41) is 6.10. The van der Waals surface area contributed by atoms with E-state index in [1.807, 2.05) is 0 Å². The standard InChI is InChI=1S/C16H17F3N4O2/c1-10-20-14(25-22-10)11-5-4-8-23(9-11)15(24)21-13-7-3-2-6-12(13)16(17,18)19/h2-3,6-7,11H,4-5,8-9H2,1H3,(H,21,24). The lowest BCUT2D eigenvalue weighted by Gasteiger charge is -2.31. The topological polar surface area (TPSA) is 71.3 Å². The van der Waals surface area contributed by atoms with Crippen molar-refractivity contribution in [2.75, 3.05) is 18.4 Å². The number of para-hydroxylation sites is 1. The number of likely N-dealkylation sites (tertiary alicyclic amines) is 1. The average Bonchev–Trinajstić information content (AvgIpc) is 3.01. The lowest BCUT2D eigenvalue weighted by Crippen LogP contribution is -2.42. The Morgan fingerprint density at radius 1 is 1.36 bits per heavy atom. The molecule has 1 N–H and O–H groups in total. The number of aromatic nitrogens is 2. The molecule has 0 spiro atoms. The van der Waals surface area contributed by atoms with Crippen LogP contribution < -0.4 is 5.32 Å². The number of nitrogens with one attached hydrogen (secondary N) is 1. The Kier molecular flexibility index (Phi) is 4.65. The molecule has 1 aromatic carbocycles. The highest BCUT2D eigenvalue weighted by molar-refractivity contribution is 5.90. The first-order valence-corrected chi connectivity index (χ1v) is 7.87. The van der Waals surface area contributed by atoms with Crippen LogP contribution >= 0.6 is 0 Å². The zero-order chi connectivity index (χ0) is 18.0. The molecule has 1 saturated heterocycles. The second kappa shape index (κ2) is 6.73. The van der Waals surface area contributed by atoms with Gasteiger partial charge in [-0.15, -0.1) is 0 Å². The first kappa shape index (κ1) is 17.2. The van der Waals surface area contributed by atoms with Crippen molar-refractivity contribution < 1.29 is 22.5 Å². The highest BCUT2D eigenvalue weighted by atomic mass is 19.4. The molecule has 0 aliphatic carbocycles. The van der Waals surface area contributed by atoms with Gasteiger partial charge in [0, 0.05) is 13.1 Å². The van der Waals surface area contributed by atoms with Gasteiger partial charge < -0.3 is 14.7 Å². The number of halogens is 3. The molecule has 6 nitrogen and oxygen atoms in total. The van der Waals surface area contributed by atoms with Crippen LogP contribution in [0.15, 0.2) is 28.8 Å². The van der Waals surface area contributed by atoms with Crippen molar-refractivity contribution in [3.63, 3.8) is 0 Å². The molecule has 1 unspecified atom stereocenters. The number of carbonyl (C=O) groups is 1. The minimum Gasteiger partial charge on any atom is -0.339 e. The fourth-order valence-electron chi connectivity index (χ4n) is 2.88. The number of anilines is 1. The molecule has 2 amide bonds. The number of hydrogen-bond donors (Lipinski definition) is 1. The van der Waals surface area contributed by atoms with Crippen molar-refractivity contribution in [1.29, 1.82) is 0 Å². The number of carbonyl (C=O) groups excluding carboxylic acids is 1. The Balaban J connectivity index is 1.71. The Hall–Kier alpha value is -2.58. The fraction of sp³-hybridized carbons (Fsp3) is 0.438. The molecule has 2 heterocycles. The molecular formula is C16H17F3N4O2. The van der Waals surface area contributed by atoms with Crippen LogP contribution in [-0.2, 0) is 6.18 Å². The second-order valence-electron chi connectivity index (χ2n) is 5.94. The lowest BCUT2D eigenvalue weighted by molar-refractivity contribution is -0.136. The Labute approximate surface area is 142 Å². The van der Waals surface area contributed by atoms with E-state index < -0.39 is 17.8 Å². The average molecular weight is 354 g/mol. The molecule has 9 heteroatoms. The van der Waals surface area contributed by atoms with Crippen LogP contribution in [0, 0.1) is 6.92 Å². The SMILES string of the molecule is Cc1noc(C2CCCN(C(=O)Nc3ccccc3C(F)(F)F)C2)n1. The van der Waals surface area contributed by atoms with Crippen LogP contribution in [-0.4, -0.2) is 34.2 Å². The first-order chi connectivity index (χ1) is 11.8. The first-order valence-electron chi connectivity index (χ1n) is 7.87. The van der Waals surface area contributed by atoms with Crippen molar-refractivity contribution in [3.8, 4) is 0 Å². The van der Waals surface area contributed by atoms with E-state index in [2.05, 4.69) is 15.5 Å². The third kappa shape index (κ3) is 3.92. The summed E-state index contributed by atoms with van der Waals surface area (Å²) in [6, 6.07) is 4.34. The van der Waals surface area contributed by atoms with E-state index in [1.165, 1.54) is 23.1 Å². The summed E-state index contributed by atoms with van der Waals surface area (Å²) in [4.78, 5) is 18.1. The molecule has 1 aliphatic rings. The number of nitrogens with zero attached hydrogens (tertiary/aromatic N) is 3. The van der Waals surface area contributed by atoms with Crippen molar-refractivity contribution >= 4 is 11.7 Å². The molecule has 25 heavy (non-hydrogen) atoms. The molecule has 0 bridgehead atoms. The maximum atomic E-state index is 13.0. The van der Waals surface area contributed by atoms with E-state index in [-0.39, 0.29) is 11.6 Å². The molecule has 134 valence electrons. The zero-order valence-electron chi connectivity index (χ0n) is 13.5. The van der Waals surface area contributed by atoms with Gasteiger partial charge in [-0.3, -0.25) is 0 Å². The summed E-state index contributed by atoms with van der Waals surface area (Å²) in [6.45, 7) is 2.49. The van der Waals surface area contributed by atoms with Gasteiger partial charge in [0.05, 0.1) is 17.2 Å². The van der Waals surface area contributed by atoms with Gasteiger partial charge in [-0.1, -0.05) is 17.3 Å². The third-order valence-electron chi connectivity index (χ3n) is 4.08. The van der Waals surface area contributed by atoms with Crippen LogP contribution in [0.4, 0.5) is 23.7 Å². The van der Waals surface area contributed by atoms with Crippen LogP contribution in [0.5, 0.6) is 0 Å². The predicted octanol–water partition coefficient (Wildman–Crippen LogP) is 3.81. The van der Waals surface area contributed by atoms with E-state index >= 15 is 0 Å². The van der Waals surface area contributed by atoms with Gasteiger partial charge in [0.1, 0.15) is 0 Å². The molecule has 3 rings (SSSR count). The Morgan fingerprint density at radius 2 is 2.12 bits per heavy atom. The van der Waals surface area contributed by atoms with Crippen molar-refractivity contribution in [2.45, 2.75) is 31.9 Å². The number of urea groups is 1. The van der Waals surface area contributed by atoms with Crippen LogP contribution in [0.3, 0.4) is 0 Å². The number of rotatable bonds is 2. The van der Waals surface area contributed by atoms with Crippen LogP contribution in [0.1, 0.15) is 36.0 Å². The number of hydrogen-bond acceptors (Lipinski definition) is 4. The number of alkyl halides is 3. The number of aryl methyl sites for hydroxylation is 1. The smallest absolute Gasteiger partial charge is 0.339 e. The molecule has 1 atom stereocenters. The minimum atomic E-state index is -4.53. The normalized spacial score (nSPS) is 18.2. The maximum Gasteiger partial charge on any atom is 0.418 e. The van der Waals surface area contributed by atoms with Crippen molar-refractivity contribution in [2.24, 2.45) is 0 Å². The molecule has 1 fully saturated rings. The van der Waals surface area contributed by atoms with Gasteiger partial charge >= 0.3 is 12.2 Å². The van der Waals surface area contributed by atoms with Gasteiger partial charge in [-0.2, -0.15) is 18.2 Å². The molecule has 0 saturated carbocycles. The van der Waals surface area contributed by atoms with Crippen molar-refractivity contribution in [3.05, 3.63) is 41.5 Å². The van der Waals surface area contributed by atoms with Gasteiger partial charge in [-0.25, -0.2) is 4.79 Å². The third-order valence-corrected chi connectivity index (χ3v) is 4.08. The quantitative estimate of drug-likeness (QED) is 0.890. The minimum absolute atomic E-state index is 0.112. The Morgan fingerprint density at radius 3 is 2.80 bits per heavy atom. The fourth-order valence-corrected chi connectivity index (χ4v) is 2.88. The summed E-state index contributed by atoms with van der Waals surface area (Å²) in [6.07, 6.45) is -3.04. The van der Waals surface area contributed by atoms with Crippen molar-refractivity contribution in [1.82, 2.24) is 15.0 Å². The highest BCUT2D eigenvalue weighted by Gasteiger charge is 2.34. The summed E-state index contributed by atoms with van der Waals surface area (Å²) in [5.74, 6) is 0.847. The largest absolute Gasteiger partial charge is 0.418 e. The number of benzene rings is 1. The van der Waals surface area contributed by atoms with Crippen LogP contribution in [0.25, 0.3) is 0 Å². The summed E-state index contributed by atoms with van der Waals surface area (Å²) >= 11 is 0. The van der Waals surface area contributed by atoms with Gasteiger partial charge in [-0.05, 0) is 31.9 Å². The summed E-state index contributed by atoms with van der Waals surface area (Å²) in [7, 11) is 0. The highest BCUT2D eigenvalue weighted by Crippen LogP contribution is 2.35. The summed E-state index contributed by atoms with van der Waals surface area (Å²) < 4.78 is 44.2. The second-order valence-corrected chi connectivity index (χ2v) is 5.94. The van der Waals surface area contributed by atoms with Gasteiger partial charge in [0.15, 0.2) is 5.82 Å². The van der Waals surface area contributed by atoms with Gasteiger partial charge in [0.25, 0.3) is 0 Å². The van der Waals surface area contributed by atoms with Crippen LogP contribution in [0.2, 0.25) is 0 Å². The van der Waals surface area contributed by atoms with E-state index in [1.54, 1.807) is 6.92 Å². The van der Waals surface area contributed by atoms with E-state index in [4.69, 9.17) is 4.52 Å². The van der Waals surface area contributed by atoms with Gasteiger partial charge in [0.2, 0.25) is 5.89 Å². The molecule has 1 aromatic heterocycles. The monoisotopic (exact) mass is 354 g/mol. The number of piperidine rings is 1. The lowest BCUT2D eigenvalue weighted by atomic mass is 9.98.